The first-order valence-electron chi connectivity index (χ1n) is 5.88. The second-order valence-electron chi connectivity index (χ2n) is 5.13. The summed E-state index contributed by atoms with van der Waals surface area (Å²) < 4.78 is 0. The first-order valence-corrected chi connectivity index (χ1v) is 5.88. The molecule has 17 heavy (non-hydrogen) atoms. The van der Waals surface area contributed by atoms with Crippen LogP contribution in [0.3, 0.4) is 0 Å². The number of aromatic nitrogens is 1. The molecule has 1 aromatic heterocycles. The summed E-state index contributed by atoms with van der Waals surface area (Å²) in [5, 5.41) is 9.38. The number of anilines is 1. The van der Waals surface area contributed by atoms with Gasteiger partial charge in [-0.15, -0.1) is 0 Å². The van der Waals surface area contributed by atoms with Crippen molar-refractivity contribution in [2.24, 2.45) is 0 Å². The van der Waals surface area contributed by atoms with Gasteiger partial charge in [0.25, 0.3) is 0 Å². The van der Waals surface area contributed by atoms with Crippen LogP contribution < -0.4 is 4.90 Å². The summed E-state index contributed by atoms with van der Waals surface area (Å²) in [4.78, 5) is 17.5. The molecule has 0 saturated heterocycles. The number of carboxylic acid groups (broad SMARTS) is 1. The molecule has 2 rings (SSSR count). The average Bonchev–Trinajstić information content (AvgIpc) is 3.05. The zero-order valence-electron chi connectivity index (χ0n) is 10.5. The Balaban J connectivity index is 2.43. The highest BCUT2D eigenvalue weighted by Crippen LogP contribution is 2.38. The van der Waals surface area contributed by atoms with E-state index in [-0.39, 0.29) is 0 Å². The van der Waals surface area contributed by atoms with Crippen LogP contribution in [-0.4, -0.2) is 27.6 Å². The fraction of sp³-hybridized carbons (Fsp3) is 0.538. The van der Waals surface area contributed by atoms with Gasteiger partial charge in [0.1, 0.15) is 5.54 Å². The molecule has 0 amide bonds. The van der Waals surface area contributed by atoms with Crippen LogP contribution in [0.4, 0.5) is 5.69 Å². The summed E-state index contributed by atoms with van der Waals surface area (Å²) in [6, 6.07) is 2.25. The molecule has 1 aliphatic carbocycles. The Morgan fingerprint density at radius 1 is 1.53 bits per heavy atom. The highest BCUT2D eigenvalue weighted by atomic mass is 16.4. The lowest BCUT2D eigenvalue weighted by molar-refractivity contribution is -0.142. The predicted molar refractivity (Wildman–Crippen MR) is 66.2 cm³/mol. The Hall–Kier alpha value is -1.58. The average molecular weight is 234 g/mol. The van der Waals surface area contributed by atoms with E-state index >= 15 is 0 Å². The van der Waals surface area contributed by atoms with E-state index in [0.717, 1.165) is 24.1 Å². The third-order valence-electron chi connectivity index (χ3n) is 3.29. The molecular formula is C13H18N2O2. The summed E-state index contributed by atoms with van der Waals surface area (Å²) in [5.41, 5.74) is 1.12. The number of hydrogen-bond acceptors (Lipinski definition) is 3. The van der Waals surface area contributed by atoms with E-state index in [1.807, 2.05) is 17.9 Å². The normalized spacial score (nSPS) is 15.7. The van der Waals surface area contributed by atoms with Gasteiger partial charge in [0.05, 0.1) is 0 Å². The van der Waals surface area contributed by atoms with Crippen molar-refractivity contribution < 1.29 is 9.90 Å². The lowest BCUT2D eigenvalue weighted by Crippen LogP contribution is -2.52. The van der Waals surface area contributed by atoms with E-state index < -0.39 is 11.5 Å². The van der Waals surface area contributed by atoms with Gasteiger partial charge in [-0.1, -0.05) is 0 Å². The largest absolute Gasteiger partial charge is 0.480 e. The van der Waals surface area contributed by atoms with E-state index in [0.29, 0.717) is 6.04 Å². The van der Waals surface area contributed by atoms with Crippen LogP contribution >= 0.6 is 0 Å². The van der Waals surface area contributed by atoms with Crippen molar-refractivity contribution in [2.45, 2.75) is 45.2 Å². The molecule has 1 heterocycles. The highest BCUT2D eigenvalue weighted by molar-refractivity contribution is 5.83. The van der Waals surface area contributed by atoms with E-state index in [4.69, 9.17) is 0 Å². The molecule has 0 bridgehead atoms. The van der Waals surface area contributed by atoms with Crippen LogP contribution in [0.15, 0.2) is 18.5 Å². The zero-order valence-corrected chi connectivity index (χ0v) is 10.5. The molecule has 0 radical (unpaired) electrons. The Morgan fingerprint density at radius 2 is 2.18 bits per heavy atom. The van der Waals surface area contributed by atoms with E-state index in [1.54, 1.807) is 26.2 Å². The van der Waals surface area contributed by atoms with E-state index in [1.165, 1.54) is 0 Å². The summed E-state index contributed by atoms with van der Waals surface area (Å²) in [6.07, 6.45) is 5.63. The van der Waals surface area contributed by atoms with Crippen molar-refractivity contribution in [2.75, 3.05) is 4.90 Å². The number of aryl methyl sites for hydroxylation is 1. The molecule has 1 N–H and O–H groups in total. The molecule has 0 atom stereocenters. The Kier molecular flexibility index (Phi) is 2.81. The molecule has 1 aliphatic rings. The van der Waals surface area contributed by atoms with Gasteiger partial charge in [0, 0.05) is 24.1 Å². The Labute approximate surface area is 101 Å². The van der Waals surface area contributed by atoms with Crippen LogP contribution in [0.25, 0.3) is 0 Å². The minimum atomic E-state index is -0.882. The second-order valence-corrected chi connectivity index (χ2v) is 5.13. The van der Waals surface area contributed by atoms with Crippen LogP contribution in [0.2, 0.25) is 0 Å². The number of carbonyl (C=O) groups is 1. The molecule has 4 heteroatoms. The number of hydrogen-bond donors (Lipinski definition) is 1. The fourth-order valence-electron chi connectivity index (χ4n) is 2.13. The van der Waals surface area contributed by atoms with Gasteiger partial charge in [-0.2, -0.15) is 0 Å². The lowest BCUT2D eigenvalue weighted by Gasteiger charge is -2.38. The van der Waals surface area contributed by atoms with Crippen LogP contribution in [-0.2, 0) is 4.79 Å². The molecule has 0 aromatic carbocycles. The fourth-order valence-corrected chi connectivity index (χ4v) is 2.13. The van der Waals surface area contributed by atoms with Gasteiger partial charge >= 0.3 is 5.97 Å². The number of rotatable bonds is 4. The van der Waals surface area contributed by atoms with Crippen LogP contribution in [0, 0.1) is 6.92 Å². The quantitative estimate of drug-likeness (QED) is 0.868. The van der Waals surface area contributed by atoms with E-state index in [9.17, 15) is 9.90 Å². The third kappa shape index (κ3) is 2.12. The van der Waals surface area contributed by atoms with Crippen molar-refractivity contribution >= 4 is 11.7 Å². The molecule has 1 saturated carbocycles. The molecular weight excluding hydrogens is 216 g/mol. The van der Waals surface area contributed by atoms with Gasteiger partial charge < -0.3 is 10.0 Å². The molecule has 1 aromatic rings. The van der Waals surface area contributed by atoms with Gasteiger partial charge in [-0.3, -0.25) is 4.98 Å². The first-order chi connectivity index (χ1) is 7.94. The monoisotopic (exact) mass is 234 g/mol. The van der Waals surface area contributed by atoms with Gasteiger partial charge in [0.2, 0.25) is 0 Å². The number of carboxylic acids is 1. The van der Waals surface area contributed by atoms with Crippen molar-refractivity contribution in [3.05, 3.63) is 24.0 Å². The second kappa shape index (κ2) is 4.02. The summed E-state index contributed by atoms with van der Waals surface area (Å²) >= 11 is 0. The Bertz CT molecular complexity index is 439. The zero-order chi connectivity index (χ0) is 12.6. The van der Waals surface area contributed by atoms with Crippen molar-refractivity contribution in [3.63, 3.8) is 0 Å². The minimum Gasteiger partial charge on any atom is -0.480 e. The molecule has 0 unspecified atom stereocenters. The minimum absolute atomic E-state index is 0.349. The number of nitrogens with zero attached hydrogens (tertiary/aromatic N) is 2. The van der Waals surface area contributed by atoms with Gasteiger partial charge in [0.15, 0.2) is 0 Å². The topological polar surface area (TPSA) is 53.4 Å². The lowest BCUT2D eigenvalue weighted by atomic mass is 10.0. The summed E-state index contributed by atoms with van der Waals surface area (Å²) in [6.45, 7) is 5.48. The summed E-state index contributed by atoms with van der Waals surface area (Å²) in [7, 11) is 0. The van der Waals surface area contributed by atoms with Crippen molar-refractivity contribution in [1.82, 2.24) is 4.98 Å². The summed E-state index contributed by atoms with van der Waals surface area (Å²) in [5.74, 6) is -0.791. The SMILES string of the molecule is Cc1cnccc1N(C1CC1)C(C)(C)C(=O)O. The predicted octanol–water partition coefficient (Wildman–Crippen LogP) is 2.22. The molecule has 92 valence electrons. The molecule has 1 fully saturated rings. The van der Waals surface area contributed by atoms with Crippen LogP contribution in [0.5, 0.6) is 0 Å². The smallest absolute Gasteiger partial charge is 0.328 e. The Morgan fingerprint density at radius 3 is 2.65 bits per heavy atom. The maximum atomic E-state index is 11.4. The number of pyridine rings is 1. The molecule has 0 spiro atoms. The highest BCUT2D eigenvalue weighted by Gasteiger charge is 2.43. The van der Waals surface area contributed by atoms with Gasteiger partial charge in [-0.05, 0) is 45.2 Å². The van der Waals surface area contributed by atoms with Gasteiger partial charge in [-0.25, -0.2) is 4.79 Å². The first kappa shape index (κ1) is 11.9. The van der Waals surface area contributed by atoms with Crippen molar-refractivity contribution in [1.29, 1.82) is 0 Å². The maximum Gasteiger partial charge on any atom is 0.328 e. The standard InChI is InChI=1S/C13H18N2O2/c1-9-8-14-7-6-11(9)15(10-4-5-10)13(2,3)12(16)17/h6-8,10H,4-5H2,1-3H3,(H,16,17). The van der Waals surface area contributed by atoms with Crippen LogP contribution in [0.1, 0.15) is 32.3 Å². The maximum absolute atomic E-state index is 11.4. The number of aliphatic carboxylic acids is 1. The van der Waals surface area contributed by atoms with E-state index in [2.05, 4.69) is 4.98 Å². The molecule has 4 nitrogen and oxygen atoms in total. The third-order valence-corrected chi connectivity index (χ3v) is 3.29. The molecule has 0 aliphatic heterocycles. The van der Waals surface area contributed by atoms with Crippen molar-refractivity contribution in [3.8, 4) is 0 Å².